The lowest BCUT2D eigenvalue weighted by Crippen LogP contribution is -2.54. The van der Waals surface area contributed by atoms with E-state index < -0.39 is 11.5 Å². The smallest absolute Gasteiger partial charge is 0.315 e. The number of urea groups is 1. The maximum Gasteiger partial charge on any atom is 0.315 e. The van der Waals surface area contributed by atoms with Crippen LogP contribution in [0, 0.1) is 0 Å². The quantitative estimate of drug-likeness (QED) is 0.732. The van der Waals surface area contributed by atoms with Crippen molar-refractivity contribution in [2.45, 2.75) is 69.6 Å². The molecule has 0 aromatic heterocycles. The number of hydrogen-bond donors (Lipinski definition) is 3. The van der Waals surface area contributed by atoms with Gasteiger partial charge in [0.2, 0.25) is 0 Å². The van der Waals surface area contributed by atoms with Crippen LogP contribution in [0.1, 0.15) is 51.9 Å². The molecule has 0 aromatic rings. The van der Waals surface area contributed by atoms with Crippen LogP contribution in [0.3, 0.4) is 0 Å². The van der Waals surface area contributed by atoms with Gasteiger partial charge < -0.3 is 20.5 Å². The normalized spacial score (nSPS) is 28.9. The van der Waals surface area contributed by atoms with Crippen LogP contribution in [0.2, 0.25) is 0 Å². The summed E-state index contributed by atoms with van der Waals surface area (Å²) in [5.41, 5.74) is -0.563. The second-order valence-corrected chi connectivity index (χ2v) is 6.06. The molecule has 1 saturated heterocycles. The molecule has 0 radical (unpaired) electrons. The third-order valence-corrected chi connectivity index (χ3v) is 4.25. The summed E-state index contributed by atoms with van der Waals surface area (Å²) >= 11 is 0. The average Bonchev–Trinajstić information content (AvgIpc) is 2.75. The van der Waals surface area contributed by atoms with Crippen molar-refractivity contribution in [3.63, 3.8) is 0 Å². The van der Waals surface area contributed by atoms with Crippen LogP contribution in [0.25, 0.3) is 0 Å². The Morgan fingerprint density at radius 2 is 2.05 bits per heavy atom. The van der Waals surface area contributed by atoms with Gasteiger partial charge in [0.05, 0.1) is 18.1 Å². The number of hydrogen-bond acceptors (Lipinski definition) is 3. The van der Waals surface area contributed by atoms with E-state index in [0.29, 0.717) is 6.61 Å². The lowest BCUT2D eigenvalue weighted by Gasteiger charge is -2.32. The molecule has 1 saturated carbocycles. The van der Waals surface area contributed by atoms with Gasteiger partial charge in [-0.25, -0.2) is 4.79 Å². The molecule has 0 bridgehead atoms. The number of amides is 2. The van der Waals surface area contributed by atoms with Gasteiger partial charge in [0.25, 0.3) is 0 Å². The molecule has 2 rings (SSSR count). The predicted molar refractivity (Wildman–Crippen MR) is 73.6 cm³/mol. The van der Waals surface area contributed by atoms with Gasteiger partial charge in [-0.1, -0.05) is 12.8 Å². The molecule has 1 aliphatic heterocycles. The highest BCUT2D eigenvalue weighted by molar-refractivity contribution is 5.77. The molecule has 2 fully saturated rings. The molecule has 2 aliphatic rings. The summed E-state index contributed by atoms with van der Waals surface area (Å²) in [6, 6.07) is -0.130. The number of rotatable bonds is 4. The van der Waals surface area contributed by atoms with Crippen LogP contribution in [0.15, 0.2) is 0 Å². The second-order valence-electron chi connectivity index (χ2n) is 6.06. The van der Waals surface area contributed by atoms with E-state index in [2.05, 4.69) is 10.6 Å². The fourth-order valence-electron chi connectivity index (χ4n) is 3.28. The zero-order valence-electron chi connectivity index (χ0n) is 12.0. The van der Waals surface area contributed by atoms with Crippen molar-refractivity contribution < 1.29 is 19.4 Å². The summed E-state index contributed by atoms with van der Waals surface area (Å²) in [6.07, 6.45) is 5.22. The average molecular weight is 284 g/mol. The molecule has 20 heavy (non-hydrogen) atoms. The Morgan fingerprint density at radius 3 is 2.65 bits per heavy atom. The van der Waals surface area contributed by atoms with Gasteiger partial charge in [-0.2, -0.15) is 0 Å². The fourth-order valence-corrected chi connectivity index (χ4v) is 3.28. The van der Waals surface area contributed by atoms with Gasteiger partial charge in [-0.05, 0) is 32.6 Å². The lowest BCUT2D eigenvalue weighted by atomic mass is 9.93. The SMILES string of the molecule is CC1CC(NC(=O)NC2(CC(=O)O)CCCC2)CCO1. The molecule has 2 unspecified atom stereocenters. The van der Waals surface area contributed by atoms with Crippen LogP contribution in [0.4, 0.5) is 4.79 Å². The molecule has 2 atom stereocenters. The van der Waals surface area contributed by atoms with Gasteiger partial charge in [0, 0.05) is 12.6 Å². The first-order valence-electron chi connectivity index (χ1n) is 7.41. The highest BCUT2D eigenvalue weighted by Gasteiger charge is 2.37. The molecule has 6 heteroatoms. The van der Waals surface area contributed by atoms with E-state index in [4.69, 9.17) is 9.84 Å². The Bertz CT molecular complexity index is 366. The fraction of sp³-hybridized carbons (Fsp3) is 0.857. The molecule has 114 valence electrons. The Morgan fingerprint density at radius 1 is 1.35 bits per heavy atom. The minimum atomic E-state index is -0.855. The Labute approximate surface area is 119 Å². The Balaban J connectivity index is 1.86. The summed E-state index contributed by atoms with van der Waals surface area (Å²) in [7, 11) is 0. The van der Waals surface area contributed by atoms with Gasteiger partial charge in [-0.3, -0.25) is 4.79 Å². The summed E-state index contributed by atoms with van der Waals surface area (Å²) in [6.45, 7) is 2.65. The second kappa shape index (κ2) is 6.43. The van der Waals surface area contributed by atoms with Crippen molar-refractivity contribution >= 4 is 12.0 Å². The standard InChI is InChI=1S/C14H24N2O4/c1-10-8-11(4-7-20-10)15-13(19)16-14(9-12(17)18)5-2-3-6-14/h10-11H,2-9H2,1H3,(H,17,18)(H2,15,16,19). The third kappa shape index (κ3) is 4.10. The summed E-state index contributed by atoms with van der Waals surface area (Å²) < 4.78 is 5.45. The van der Waals surface area contributed by atoms with E-state index in [1.165, 1.54) is 0 Å². The maximum absolute atomic E-state index is 12.1. The number of carbonyl (C=O) groups excluding carboxylic acids is 1. The number of aliphatic carboxylic acids is 1. The van der Waals surface area contributed by atoms with E-state index in [1.54, 1.807) is 0 Å². The highest BCUT2D eigenvalue weighted by Crippen LogP contribution is 2.32. The summed E-state index contributed by atoms with van der Waals surface area (Å²) in [5, 5.41) is 14.9. The van der Waals surface area contributed by atoms with Crippen LogP contribution >= 0.6 is 0 Å². The number of nitrogens with one attached hydrogen (secondary N) is 2. The highest BCUT2D eigenvalue weighted by atomic mass is 16.5. The Hall–Kier alpha value is -1.30. The summed E-state index contributed by atoms with van der Waals surface area (Å²) in [4.78, 5) is 23.1. The lowest BCUT2D eigenvalue weighted by molar-refractivity contribution is -0.138. The molecule has 0 aromatic carbocycles. The minimum Gasteiger partial charge on any atom is -0.481 e. The van der Waals surface area contributed by atoms with Crippen molar-refractivity contribution in [3.05, 3.63) is 0 Å². The number of carboxylic acids is 1. The van der Waals surface area contributed by atoms with E-state index in [0.717, 1.165) is 38.5 Å². The molecule has 6 nitrogen and oxygen atoms in total. The van der Waals surface area contributed by atoms with Crippen molar-refractivity contribution in [1.82, 2.24) is 10.6 Å². The van der Waals surface area contributed by atoms with Crippen molar-refractivity contribution in [3.8, 4) is 0 Å². The zero-order chi connectivity index (χ0) is 14.6. The molecular formula is C14H24N2O4. The van der Waals surface area contributed by atoms with Crippen molar-refractivity contribution in [1.29, 1.82) is 0 Å². The largest absolute Gasteiger partial charge is 0.481 e. The molecule has 1 heterocycles. The number of ether oxygens (including phenoxy) is 1. The van der Waals surface area contributed by atoms with Gasteiger partial charge in [0.1, 0.15) is 0 Å². The van der Waals surface area contributed by atoms with Crippen LogP contribution in [0.5, 0.6) is 0 Å². The van der Waals surface area contributed by atoms with E-state index in [-0.39, 0.29) is 24.6 Å². The first kappa shape index (κ1) is 15.1. The minimum absolute atomic E-state index is 0.00456. The van der Waals surface area contributed by atoms with Gasteiger partial charge in [-0.15, -0.1) is 0 Å². The van der Waals surface area contributed by atoms with E-state index >= 15 is 0 Å². The molecule has 1 aliphatic carbocycles. The Kier molecular flexibility index (Phi) is 4.86. The molecule has 3 N–H and O–H groups in total. The third-order valence-electron chi connectivity index (χ3n) is 4.25. The monoisotopic (exact) mass is 284 g/mol. The molecule has 2 amide bonds. The van der Waals surface area contributed by atoms with Gasteiger partial charge >= 0.3 is 12.0 Å². The van der Waals surface area contributed by atoms with Crippen molar-refractivity contribution in [2.75, 3.05) is 6.61 Å². The van der Waals surface area contributed by atoms with Crippen LogP contribution in [-0.2, 0) is 9.53 Å². The first-order valence-corrected chi connectivity index (χ1v) is 7.41. The van der Waals surface area contributed by atoms with E-state index in [9.17, 15) is 9.59 Å². The maximum atomic E-state index is 12.1. The molecule has 0 spiro atoms. The topological polar surface area (TPSA) is 87.7 Å². The van der Waals surface area contributed by atoms with Gasteiger partial charge in [0.15, 0.2) is 0 Å². The number of carbonyl (C=O) groups is 2. The molecular weight excluding hydrogens is 260 g/mol. The first-order chi connectivity index (χ1) is 9.49. The van der Waals surface area contributed by atoms with Crippen molar-refractivity contribution in [2.24, 2.45) is 0 Å². The summed E-state index contributed by atoms with van der Waals surface area (Å²) in [5.74, 6) is -0.855. The van der Waals surface area contributed by atoms with Crippen LogP contribution < -0.4 is 10.6 Å². The van der Waals surface area contributed by atoms with Crippen LogP contribution in [-0.4, -0.2) is 41.4 Å². The number of carboxylic acid groups (broad SMARTS) is 1. The van der Waals surface area contributed by atoms with E-state index in [1.807, 2.05) is 6.92 Å². The predicted octanol–water partition coefficient (Wildman–Crippen LogP) is 1.64. The zero-order valence-corrected chi connectivity index (χ0v) is 12.0.